The molecule has 0 spiro atoms. The molecule has 0 bridgehead atoms. The van der Waals surface area contributed by atoms with Crippen molar-refractivity contribution in [2.45, 2.75) is 50.9 Å². The van der Waals surface area contributed by atoms with Gasteiger partial charge in [-0.2, -0.15) is 0 Å². The van der Waals surface area contributed by atoms with Crippen LogP contribution in [0.4, 0.5) is 0 Å². The van der Waals surface area contributed by atoms with Crippen LogP contribution in [0.2, 0.25) is 0 Å². The molecule has 0 aromatic carbocycles. The average molecular weight is 262 g/mol. The van der Waals surface area contributed by atoms with E-state index in [1.807, 2.05) is 13.8 Å². The zero-order valence-electron chi connectivity index (χ0n) is 9.22. The quantitative estimate of drug-likeness (QED) is 0.762. The number of nitrogens with one attached hydrogen (secondary N) is 1. The van der Waals surface area contributed by atoms with Crippen LogP contribution in [-0.2, 0) is 4.79 Å². The molecule has 3 unspecified atom stereocenters. The summed E-state index contributed by atoms with van der Waals surface area (Å²) in [6.45, 7) is 6.24. The van der Waals surface area contributed by atoms with E-state index in [-0.39, 0.29) is 17.9 Å². The van der Waals surface area contributed by atoms with E-state index < -0.39 is 0 Å². The third-order valence-electron chi connectivity index (χ3n) is 2.87. The molecule has 0 aromatic rings. The second kappa shape index (κ2) is 5.15. The Hall–Kier alpha value is -0.0500. The number of carbonyl (C=O) groups excluding carboxylic acids is 1. The van der Waals surface area contributed by atoms with Crippen LogP contribution in [-0.4, -0.2) is 16.8 Å². The van der Waals surface area contributed by atoms with Gasteiger partial charge in [-0.3, -0.25) is 4.79 Å². The maximum Gasteiger partial charge on any atom is 0.223 e. The first-order valence-electron chi connectivity index (χ1n) is 5.45. The van der Waals surface area contributed by atoms with Crippen LogP contribution in [0, 0.1) is 11.8 Å². The van der Waals surface area contributed by atoms with Gasteiger partial charge >= 0.3 is 0 Å². The third kappa shape index (κ3) is 3.26. The maximum absolute atomic E-state index is 11.7. The van der Waals surface area contributed by atoms with Gasteiger partial charge < -0.3 is 5.32 Å². The fraction of sp³-hybridized carbons (Fsp3) is 0.909. The number of carbonyl (C=O) groups is 1. The summed E-state index contributed by atoms with van der Waals surface area (Å²) in [5.41, 5.74) is 0. The molecule has 0 saturated heterocycles. The minimum atomic E-state index is 0.237. The van der Waals surface area contributed by atoms with Crippen molar-refractivity contribution >= 4 is 21.8 Å². The summed E-state index contributed by atoms with van der Waals surface area (Å²) in [5.74, 6) is 1.10. The van der Waals surface area contributed by atoms with Crippen molar-refractivity contribution in [3.63, 3.8) is 0 Å². The van der Waals surface area contributed by atoms with Crippen LogP contribution < -0.4 is 5.32 Å². The van der Waals surface area contributed by atoms with E-state index in [4.69, 9.17) is 0 Å². The summed E-state index contributed by atoms with van der Waals surface area (Å²) >= 11 is 3.65. The van der Waals surface area contributed by atoms with Gasteiger partial charge in [0.25, 0.3) is 0 Å². The molecule has 3 atom stereocenters. The van der Waals surface area contributed by atoms with Crippen molar-refractivity contribution in [1.82, 2.24) is 5.32 Å². The molecule has 1 aliphatic rings. The van der Waals surface area contributed by atoms with Crippen LogP contribution >= 0.6 is 15.9 Å². The van der Waals surface area contributed by atoms with Gasteiger partial charge in [-0.15, -0.1) is 0 Å². The lowest BCUT2D eigenvalue weighted by Crippen LogP contribution is -2.39. The van der Waals surface area contributed by atoms with Crippen LogP contribution in [0.15, 0.2) is 0 Å². The van der Waals surface area contributed by atoms with E-state index >= 15 is 0 Å². The predicted molar refractivity (Wildman–Crippen MR) is 62.5 cm³/mol. The van der Waals surface area contributed by atoms with Gasteiger partial charge in [-0.25, -0.2) is 0 Å². The highest BCUT2D eigenvalue weighted by molar-refractivity contribution is 9.09. The molecule has 1 aliphatic carbocycles. The molecule has 1 saturated carbocycles. The third-order valence-corrected chi connectivity index (χ3v) is 4.23. The molecule has 14 heavy (non-hydrogen) atoms. The van der Waals surface area contributed by atoms with Crippen molar-refractivity contribution in [1.29, 1.82) is 0 Å². The van der Waals surface area contributed by atoms with Crippen molar-refractivity contribution in [3.05, 3.63) is 0 Å². The Bertz CT molecular complexity index is 205. The minimum absolute atomic E-state index is 0.237. The van der Waals surface area contributed by atoms with Crippen molar-refractivity contribution in [2.75, 3.05) is 0 Å². The van der Waals surface area contributed by atoms with Gasteiger partial charge in [0, 0.05) is 16.8 Å². The Kier molecular flexibility index (Phi) is 4.42. The van der Waals surface area contributed by atoms with Crippen LogP contribution in [0.5, 0.6) is 0 Å². The van der Waals surface area contributed by atoms with E-state index in [0.717, 1.165) is 19.3 Å². The molecule has 1 N–H and O–H groups in total. The molecule has 0 aromatic heterocycles. The Morgan fingerprint density at radius 1 is 1.43 bits per heavy atom. The maximum atomic E-state index is 11.7. The van der Waals surface area contributed by atoms with Crippen LogP contribution in [0.25, 0.3) is 0 Å². The topological polar surface area (TPSA) is 29.1 Å². The molecular formula is C11H20BrNO. The van der Waals surface area contributed by atoms with Gasteiger partial charge in [0.2, 0.25) is 5.91 Å². The largest absolute Gasteiger partial charge is 0.354 e. The number of halogens is 1. The zero-order chi connectivity index (χ0) is 10.7. The number of amides is 1. The molecule has 1 fully saturated rings. The molecule has 1 rings (SSSR count). The first kappa shape index (κ1) is 12.0. The van der Waals surface area contributed by atoms with E-state index in [1.165, 1.54) is 0 Å². The highest BCUT2D eigenvalue weighted by atomic mass is 79.9. The Morgan fingerprint density at radius 3 is 2.57 bits per heavy atom. The van der Waals surface area contributed by atoms with Crippen LogP contribution in [0.3, 0.4) is 0 Å². The Labute approximate surface area is 95.0 Å². The normalized spacial score (nSPS) is 33.1. The van der Waals surface area contributed by atoms with E-state index in [9.17, 15) is 4.79 Å². The lowest BCUT2D eigenvalue weighted by molar-refractivity contribution is -0.126. The summed E-state index contributed by atoms with van der Waals surface area (Å²) in [5, 5.41) is 2.99. The van der Waals surface area contributed by atoms with E-state index in [1.54, 1.807) is 0 Å². The SMILES string of the molecule is CC(C)NC(=O)C1CCC(Br)C(C)C1. The van der Waals surface area contributed by atoms with Gasteiger partial charge in [0.1, 0.15) is 0 Å². The fourth-order valence-electron chi connectivity index (χ4n) is 2.00. The zero-order valence-corrected chi connectivity index (χ0v) is 10.8. The Balaban J connectivity index is 2.42. The first-order chi connectivity index (χ1) is 6.50. The van der Waals surface area contributed by atoms with Gasteiger partial charge in [-0.05, 0) is 39.0 Å². The van der Waals surface area contributed by atoms with Crippen molar-refractivity contribution in [2.24, 2.45) is 11.8 Å². The van der Waals surface area contributed by atoms with Gasteiger partial charge in [0.05, 0.1) is 0 Å². The number of rotatable bonds is 2. The lowest BCUT2D eigenvalue weighted by atomic mass is 9.82. The summed E-state index contributed by atoms with van der Waals surface area (Å²) in [4.78, 5) is 12.3. The number of hydrogen-bond acceptors (Lipinski definition) is 1. The molecule has 0 radical (unpaired) electrons. The molecule has 3 heteroatoms. The van der Waals surface area contributed by atoms with E-state index in [0.29, 0.717) is 10.7 Å². The summed E-state index contributed by atoms with van der Waals surface area (Å²) in [6, 6.07) is 0.263. The van der Waals surface area contributed by atoms with E-state index in [2.05, 4.69) is 28.2 Å². The smallest absolute Gasteiger partial charge is 0.223 e. The molecule has 0 heterocycles. The molecular weight excluding hydrogens is 242 g/mol. The molecule has 2 nitrogen and oxygen atoms in total. The summed E-state index contributed by atoms with van der Waals surface area (Å²) in [7, 11) is 0. The fourth-order valence-corrected chi connectivity index (χ4v) is 2.48. The van der Waals surface area contributed by atoms with Crippen molar-refractivity contribution < 1.29 is 4.79 Å². The second-order valence-electron chi connectivity index (χ2n) is 4.67. The standard InChI is InChI=1S/C11H20BrNO/c1-7(2)13-11(14)9-4-5-10(12)8(3)6-9/h7-10H,4-6H2,1-3H3,(H,13,14). The number of hydrogen-bond donors (Lipinski definition) is 1. The second-order valence-corrected chi connectivity index (χ2v) is 5.84. The number of alkyl halides is 1. The highest BCUT2D eigenvalue weighted by Gasteiger charge is 2.29. The molecule has 82 valence electrons. The van der Waals surface area contributed by atoms with Crippen LogP contribution in [0.1, 0.15) is 40.0 Å². The Morgan fingerprint density at radius 2 is 2.07 bits per heavy atom. The monoisotopic (exact) mass is 261 g/mol. The average Bonchev–Trinajstić information content (AvgIpc) is 2.08. The lowest BCUT2D eigenvalue weighted by Gasteiger charge is -2.30. The van der Waals surface area contributed by atoms with Gasteiger partial charge in [-0.1, -0.05) is 22.9 Å². The summed E-state index contributed by atoms with van der Waals surface area (Å²) in [6.07, 6.45) is 3.17. The van der Waals surface area contributed by atoms with Crippen molar-refractivity contribution in [3.8, 4) is 0 Å². The first-order valence-corrected chi connectivity index (χ1v) is 6.36. The molecule has 1 amide bonds. The minimum Gasteiger partial charge on any atom is -0.354 e. The summed E-state index contributed by atoms with van der Waals surface area (Å²) < 4.78 is 0. The highest BCUT2D eigenvalue weighted by Crippen LogP contribution is 2.33. The molecule has 0 aliphatic heterocycles. The van der Waals surface area contributed by atoms with Gasteiger partial charge in [0.15, 0.2) is 0 Å². The predicted octanol–water partition coefficient (Wildman–Crippen LogP) is 2.71.